The molecule has 0 aliphatic heterocycles. The lowest BCUT2D eigenvalue weighted by molar-refractivity contribution is 0.414. The van der Waals surface area contributed by atoms with Crippen LogP contribution in [0.1, 0.15) is 69.9 Å². The summed E-state index contributed by atoms with van der Waals surface area (Å²) in [5, 5.41) is 1.23. The van der Waals surface area contributed by atoms with Crippen molar-refractivity contribution in [3.8, 4) is 0 Å². The number of aromatic amines is 1. The molecule has 0 aromatic carbocycles. The van der Waals surface area contributed by atoms with Crippen molar-refractivity contribution in [3.63, 3.8) is 0 Å². The number of hydrogen-bond donors (Lipinski definition) is 1. The van der Waals surface area contributed by atoms with E-state index in [0.29, 0.717) is 5.92 Å². The molecule has 20 heavy (non-hydrogen) atoms. The number of aromatic nitrogens is 3. The predicted octanol–water partition coefficient (Wildman–Crippen LogP) is 4.81. The lowest BCUT2D eigenvalue weighted by Gasteiger charge is -2.16. The van der Waals surface area contributed by atoms with Crippen LogP contribution in [0.2, 0.25) is 0 Å². The highest BCUT2D eigenvalue weighted by Gasteiger charge is 2.19. The zero-order valence-electron chi connectivity index (χ0n) is 12.4. The van der Waals surface area contributed by atoms with E-state index in [0.717, 1.165) is 11.6 Å². The van der Waals surface area contributed by atoms with Gasteiger partial charge in [-0.1, -0.05) is 45.4 Å². The number of fused-ring (bicyclic) bond motifs is 1. The second-order valence-electron chi connectivity index (χ2n) is 6.19. The fraction of sp³-hybridized carbons (Fsp3) is 0.647. The van der Waals surface area contributed by atoms with E-state index in [4.69, 9.17) is 0 Å². The summed E-state index contributed by atoms with van der Waals surface area (Å²) in [5.41, 5.74) is 2.26. The molecule has 1 aliphatic carbocycles. The van der Waals surface area contributed by atoms with Crippen LogP contribution in [-0.4, -0.2) is 15.0 Å². The van der Waals surface area contributed by atoms with Crippen LogP contribution < -0.4 is 0 Å². The average Bonchev–Trinajstić information content (AvgIpc) is 2.98. The van der Waals surface area contributed by atoms with Gasteiger partial charge in [0.05, 0.1) is 5.69 Å². The molecule has 0 saturated heterocycles. The van der Waals surface area contributed by atoms with Crippen LogP contribution in [0.15, 0.2) is 18.6 Å². The van der Waals surface area contributed by atoms with Crippen molar-refractivity contribution in [2.45, 2.75) is 64.2 Å². The molecular weight excluding hydrogens is 246 g/mol. The minimum Gasteiger partial charge on any atom is -0.346 e. The van der Waals surface area contributed by atoms with Crippen LogP contribution in [0, 0.1) is 5.92 Å². The Morgan fingerprint density at radius 2 is 1.90 bits per heavy atom. The molecule has 2 heterocycles. The monoisotopic (exact) mass is 271 g/mol. The first-order valence-electron chi connectivity index (χ1n) is 8.16. The number of hydrogen-bond acceptors (Lipinski definition) is 2. The second kappa shape index (κ2) is 6.38. The highest BCUT2D eigenvalue weighted by molar-refractivity contribution is 5.78. The third kappa shape index (κ3) is 2.87. The van der Waals surface area contributed by atoms with E-state index in [1.54, 1.807) is 6.33 Å². The Balaban J connectivity index is 1.80. The van der Waals surface area contributed by atoms with Crippen LogP contribution in [-0.2, 0) is 0 Å². The molecule has 0 spiro atoms. The van der Waals surface area contributed by atoms with Gasteiger partial charge in [0.25, 0.3) is 0 Å². The van der Waals surface area contributed by atoms with Crippen LogP contribution >= 0.6 is 0 Å². The quantitative estimate of drug-likeness (QED) is 0.851. The number of rotatable bonds is 2. The molecule has 3 nitrogen and oxygen atoms in total. The average molecular weight is 271 g/mol. The third-order valence-corrected chi connectivity index (χ3v) is 4.93. The molecule has 3 rings (SSSR count). The SMILES string of the molecule is CC[C@H]1CCCCC(c2ncnc3[nH]ccc23)CCC1. The van der Waals surface area contributed by atoms with Crippen molar-refractivity contribution < 1.29 is 0 Å². The van der Waals surface area contributed by atoms with Crippen molar-refractivity contribution in [1.82, 2.24) is 15.0 Å². The maximum absolute atomic E-state index is 4.61. The van der Waals surface area contributed by atoms with E-state index < -0.39 is 0 Å². The molecule has 1 fully saturated rings. The first-order chi connectivity index (χ1) is 9.88. The number of H-pyrrole nitrogens is 1. The summed E-state index contributed by atoms with van der Waals surface area (Å²) in [7, 11) is 0. The van der Waals surface area contributed by atoms with Crippen molar-refractivity contribution in [2.24, 2.45) is 5.92 Å². The molecule has 2 aromatic heterocycles. The molecule has 0 bridgehead atoms. The van der Waals surface area contributed by atoms with Crippen molar-refractivity contribution >= 4 is 11.0 Å². The van der Waals surface area contributed by atoms with Gasteiger partial charge in [-0.25, -0.2) is 9.97 Å². The third-order valence-electron chi connectivity index (χ3n) is 4.93. The lowest BCUT2D eigenvalue weighted by atomic mass is 9.91. The molecule has 2 atom stereocenters. The van der Waals surface area contributed by atoms with Crippen molar-refractivity contribution in [3.05, 3.63) is 24.3 Å². The van der Waals surface area contributed by atoms with E-state index in [2.05, 4.69) is 27.9 Å². The van der Waals surface area contributed by atoms with Crippen molar-refractivity contribution in [2.75, 3.05) is 0 Å². The summed E-state index contributed by atoms with van der Waals surface area (Å²) in [6.07, 6.45) is 14.5. The summed E-state index contributed by atoms with van der Waals surface area (Å²) in [6.45, 7) is 2.34. The van der Waals surface area contributed by atoms with Crippen LogP contribution in [0.5, 0.6) is 0 Å². The van der Waals surface area contributed by atoms with E-state index in [1.165, 1.54) is 62.4 Å². The van der Waals surface area contributed by atoms with Gasteiger partial charge in [0.2, 0.25) is 0 Å². The summed E-state index contributed by atoms with van der Waals surface area (Å²) in [4.78, 5) is 12.1. The maximum atomic E-state index is 4.61. The smallest absolute Gasteiger partial charge is 0.140 e. The Bertz CT molecular complexity index is 546. The first kappa shape index (κ1) is 13.6. The number of nitrogens with one attached hydrogen (secondary N) is 1. The fourth-order valence-electron chi connectivity index (χ4n) is 3.66. The van der Waals surface area contributed by atoms with Gasteiger partial charge in [-0.05, 0) is 24.8 Å². The normalized spacial score (nSPS) is 25.1. The highest BCUT2D eigenvalue weighted by atomic mass is 14.9. The van der Waals surface area contributed by atoms with Crippen LogP contribution in [0.3, 0.4) is 0 Å². The largest absolute Gasteiger partial charge is 0.346 e. The molecule has 2 aromatic rings. The second-order valence-corrected chi connectivity index (χ2v) is 6.19. The van der Waals surface area contributed by atoms with Gasteiger partial charge in [-0.15, -0.1) is 0 Å². The maximum Gasteiger partial charge on any atom is 0.140 e. The molecule has 1 unspecified atom stereocenters. The van der Waals surface area contributed by atoms with E-state index in [-0.39, 0.29) is 0 Å². The molecule has 3 heteroatoms. The number of nitrogens with zero attached hydrogens (tertiary/aromatic N) is 2. The van der Waals surface area contributed by atoms with E-state index in [9.17, 15) is 0 Å². The standard InChI is InChI=1S/C17H25N3/c1-2-13-6-3-4-8-14(9-5-7-13)16-15-10-11-18-17(15)20-12-19-16/h10-14H,2-9H2,1H3,(H,18,19,20)/t13-,14?/m0/s1. The summed E-state index contributed by atoms with van der Waals surface area (Å²) in [5.74, 6) is 1.57. The topological polar surface area (TPSA) is 41.6 Å². The Morgan fingerprint density at radius 1 is 1.10 bits per heavy atom. The molecular formula is C17H25N3. The molecule has 0 radical (unpaired) electrons. The van der Waals surface area contributed by atoms with Crippen LogP contribution in [0.25, 0.3) is 11.0 Å². The minimum absolute atomic E-state index is 0.618. The van der Waals surface area contributed by atoms with E-state index in [1.807, 2.05) is 6.20 Å². The lowest BCUT2D eigenvalue weighted by Crippen LogP contribution is -2.03. The van der Waals surface area contributed by atoms with Gasteiger partial charge >= 0.3 is 0 Å². The van der Waals surface area contributed by atoms with Crippen LogP contribution in [0.4, 0.5) is 0 Å². The molecule has 1 N–H and O–H groups in total. The Kier molecular flexibility index (Phi) is 4.34. The minimum atomic E-state index is 0.618. The first-order valence-corrected chi connectivity index (χ1v) is 8.16. The van der Waals surface area contributed by atoms with Gasteiger partial charge in [0.1, 0.15) is 12.0 Å². The van der Waals surface area contributed by atoms with Gasteiger partial charge < -0.3 is 4.98 Å². The van der Waals surface area contributed by atoms with E-state index >= 15 is 0 Å². The summed E-state index contributed by atoms with van der Waals surface area (Å²) < 4.78 is 0. The molecule has 0 amide bonds. The zero-order chi connectivity index (χ0) is 13.8. The van der Waals surface area contributed by atoms with Gasteiger partial charge in [0, 0.05) is 17.5 Å². The Labute approximate surface area is 121 Å². The molecule has 1 aliphatic rings. The zero-order valence-corrected chi connectivity index (χ0v) is 12.4. The fourth-order valence-corrected chi connectivity index (χ4v) is 3.66. The molecule has 108 valence electrons. The summed E-state index contributed by atoms with van der Waals surface area (Å²) in [6, 6.07) is 2.13. The molecule has 1 saturated carbocycles. The van der Waals surface area contributed by atoms with Gasteiger partial charge in [-0.3, -0.25) is 0 Å². The van der Waals surface area contributed by atoms with Gasteiger partial charge in [-0.2, -0.15) is 0 Å². The van der Waals surface area contributed by atoms with Crippen molar-refractivity contribution in [1.29, 1.82) is 0 Å². The Hall–Kier alpha value is -1.38. The summed E-state index contributed by atoms with van der Waals surface area (Å²) >= 11 is 0. The Morgan fingerprint density at radius 3 is 2.80 bits per heavy atom. The highest BCUT2D eigenvalue weighted by Crippen LogP contribution is 2.34. The predicted molar refractivity (Wildman–Crippen MR) is 82.7 cm³/mol. The van der Waals surface area contributed by atoms with Gasteiger partial charge in [0.15, 0.2) is 0 Å².